The standard InChI is InChI=1S/C23H25F4N7/c1-13-31-20-18(24)9-14(10-19(20)34(13)15-3-7-33(2)8-4-15)16-11-29-21-17(16)12-30-22(32-21)28-6-5-23(25,26)27/h9-12,15H,3-8H2,1-2H3,(H2,28,29,30,32). The van der Waals surface area contributed by atoms with E-state index in [9.17, 15) is 13.2 Å². The number of fused-ring (bicyclic) bond motifs is 2. The summed E-state index contributed by atoms with van der Waals surface area (Å²) in [6.45, 7) is 3.55. The van der Waals surface area contributed by atoms with Crippen molar-refractivity contribution in [2.45, 2.75) is 38.4 Å². The van der Waals surface area contributed by atoms with E-state index in [0.29, 0.717) is 27.7 Å². The maximum Gasteiger partial charge on any atom is 0.390 e. The summed E-state index contributed by atoms with van der Waals surface area (Å²) in [5, 5.41) is 3.24. The molecule has 0 aliphatic carbocycles. The number of benzene rings is 1. The molecular weight excluding hydrogens is 450 g/mol. The number of nitrogens with zero attached hydrogens (tertiary/aromatic N) is 5. The van der Waals surface area contributed by atoms with Crippen LogP contribution in [0.1, 0.15) is 31.1 Å². The van der Waals surface area contributed by atoms with Crippen molar-refractivity contribution in [1.29, 1.82) is 0 Å². The van der Waals surface area contributed by atoms with Crippen molar-refractivity contribution in [3.05, 3.63) is 36.2 Å². The topological polar surface area (TPSA) is 74.7 Å². The summed E-state index contributed by atoms with van der Waals surface area (Å²) in [5.41, 5.74) is 2.94. The number of hydrogen-bond donors (Lipinski definition) is 2. The molecule has 2 N–H and O–H groups in total. The van der Waals surface area contributed by atoms with E-state index >= 15 is 4.39 Å². The van der Waals surface area contributed by atoms with Gasteiger partial charge in [-0.25, -0.2) is 14.4 Å². The van der Waals surface area contributed by atoms with E-state index in [-0.39, 0.29) is 18.5 Å². The van der Waals surface area contributed by atoms with Crippen molar-refractivity contribution in [2.75, 3.05) is 32.0 Å². The Bertz CT molecular complexity index is 1330. The molecule has 1 saturated heterocycles. The number of H-pyrrole nitrogens is 1. The first-order valence-electron chi connectivity index (χ1n) is 11.2. The highest BCUT2D eigenvalue weighted by molar-refractivity contribution is 5.96. The van der Waals surface area contributed by atoms with E-state index in [1.54, 1.807) is 6.20 Å². The summed E-state index contributed by atoms with van der Waals surface area (Å²) >= 11 is 0. The van der Waals surface area contributed by atoms with Crippen LogP contribution >= 0.6 is 0 Å². The first-order chi connectivity index (χ1) is 16.2. The second-order valence-electron chi connectivity index (χ2n) is 8.84. The fourth-order valence-electron chi connectivity index (χ4n) is 4.69. The predicted octanol–water partition coefficient (Wildman–Crippen LogP) is 5.05. The molecule has 1 aromatic carbocycles. The third-order valence-electron chi connectivity index (χ3n) is 6.41. The number of aromatic nitrogens is 5. The summed E-state index contributed by atoms with van der Waals surface area (Å²) in [7, 11) is 2.10. The van der Waals surface area contributed by atoms with Crippen LogP contribution in [0.3, 0.4) is 0 Å². The van der Waals surface area contributed by atoms with Crippen LogP contribution in [0.2, 0.25) is 0 Å². The van der Waals surface area contributed by atoms with Crippen molar-refractivity contribution in [2.24, 2.45) is 0 Å². The lowest BCUT2D eigenvalue weighted by molar-refractivity contribution is -0.131. The molecule has 0 bridgehead atoms. The van der Waals surface area contributed by atoms with E-state index in [4.69, 9.17) is 0 Å². The highest BCUT2D eigenvalue weighted by Crippen LogP contribution is 2.35. The minimum Gasteiger partial charge on any atom is -0.354 e. The molecule has 0 amide bonds. The largest absolute Gasteiger partial charge is 0.390 e. The molecule has 11 heteroatoms. The normalized spacial score (nSPS) is 16.1. The Morgan fingerprint density at radius 1 is 1.18 bits per heavy atom. The van der Waals surface area contributed by atoms with Crippen molar-refractivity contribution < 1.29 is 17.6 Å². The Morgan fingerprint density at radius 2 is 1.94 bits per heavy atom. The second kappa shape index (κ2) is 8.53. The predicted molar refractivity (Wildman–Crippen MR) is 122 cm³/mol. The van der Waals surface area contributed by atoms with Crippen molar-refractivity contribution >= 4 is 28.0 Å². The van der Waals surface area contributed by atoms with Gasteiger partial charge in [-0.1, -0.05) is 0 Å². The fraction of sp³-hybridized carbons (Fsp3) is 0.435. The zero-order valence-electron chi connectivity index (χ0n) is 18.9. The number of nitrogens with one attached hydrogen (secondary N) is 2. The monoisotopic (exact) mass is 475 g/mol. The number of aryl methyl sites for hydroxylation is 1. The van der Waals surface area contributed by atoms with Crippen LogP contribution in [0, 0.1) is 12.7 Å². The van der Waals surface area contributed by atoms with Crippen molar-refractivity contribution in [3.63, 3.8) is 0 Å². The summed E-state index contributed by atoms with van der Waals surface area (Å²) in [6.07, 6.45) is -0.0421. The van der Waals surface area contributed by atoms with E-state index in [2.05, 4.69) is 41.8 Å². The Balaban J connectivity index is 1.49. The third-order valence-corrected chi connectivity index (χ3v) is 6.41. The summed E-state index contributed by atoms with van der Waals surface area (Å²) in [4.78, 5) is 18.2. The first-order valence-corrected chi connectivity index (χ1v) is 11.2. The molecule has 1 aliphatic rings. The molecule has 34 heavy (non-hydrogen) atoms. The van der Waals surface area contributed by atoms with Crippen LogP contribution in [0.15, 0.2) is 24.5 Å². The quantitative estimate of drug-likeness (QED) is 0.395. The molecule has 0 radical (unpaired) electrons. The number of aromatic amines is 1. The van der Waals surface area contributed by atoms with Crippen LogP contribution in [0.25, 0.3) is 33.2 Å². The number of imidazole rings is 1. The molecule has 0 saturated carbocycles. The molecule has 0 unspecified atom stereocenters. The molecule has 5 rings (SSSR count). The molecule has 180 valence electrons. The fourth-order valence-corrected chi connectivity index (χ4v) is 4.69. The molecule has 7 nitrogen and oxygen atoms in total. The van der Waals surface area contributed by atoms with Gasteiger partial charge in [0.1, 0.15) is 17.0 Å². The number of piperidine rings is 1. The number of likely N-dealkylation sites (tertiary alicyclic amines) is 1. The lowest BCUT2D eigenvalue weighted by Gasteiger charge is -2.30. The zero-order valence-corrected chi connectivity index (χ0v) is 18.9. The number of halogens is 4. The van der Waals surface area contributed by atoms with Crippen LogP contribution in [0.4, 0.5) is 23.5 Å². The maximum atomic E-state index is 15.1. The Morgan fingerprint density at radius 3 is 2.68 bits per heavy atom. The molecule has 0 atom stereocenters. The van der Waals surface area contributed by atoms with E-state index in [1.165, 1.54) is 12.3 Å². The Hall–Kier alpha value is -3.21. The van der Waals surface area contributed by atoms with E-state index in [0.717, 1.165) is 37.3 Å². The number of rotatable bonds is 5. The van der Waals surface area contributed by atoms with Gasteiger partial charge in [0.25, 0.3) is 0 Å². The average molecular weight is 475 g/mol. The summed E-state index contributed by atoms with van der Waals surface area (Å²) in [6, 6.07) is 3.65. The molecule has 4 heterocycles. The Kier molecular flexibility index (Phi) is 5.67. The molecule has 3 aromatic heterocycles. The van der Waals surface area contributed by atoms with Gasteiger partial charge < -0.3 is 19.8 Å². The second-order valence-corrected chi connectivity index (χ2v) is 8.84. The zero-order chi connectivity index (χ0) is 24.0. The number of anilines is 1. The summed E-state index contributed by atoms with van der Waals surface area (Å²) < 4.78 is 54.4. The van der Waals surface area contributed by atoms with Crippen LogP contribution in [-0.4, -0.2) is 62.3 Å². The van der Waals surface area contributed by atoms with Crippen molar-refractivity contribution in [3.8, 4) is 11.1 Å². The van der Waals surface area contributed by atoms with Gasteiger partial charge in [0.2, 0.25) is 5.95 Å². The maximum absolute atomic E-state index is 15.1. The average Bonchev–Trinajstić information content (AvgIpc) is 3.34. The highest BCUT2D eigenvalue weighted by atomic mass is 19.4. The Labute approximate surface area is 193 Å². The van der Waals surface area contributed by atoms with Gasteiger partial charge in [0, 0.05) is 35.9 Å². The van der Waals surface area contributed by atoms with Gasteiger partial charge in [-0.05, 0) is 57.6 Å². The molecular formula is C23H25F4N7. The molecule has 1 fully saturated rings. The number of hydrogen-bond acceptors (Lipinski definition) is 5. The molecule has 0 spiro atoms. The minimum absolute atomic E-state index is 0.0998. The van der Waals surface area contributed by atoms with Crippen molar-refractivity contribution in [1.82, 2.24) is 29.4 Å². The van der Waals surface area contributed by atoms with Crippen LogP contribution in [-0.2, 0) is 0 Å². The third kappa shape index (κ3) is 4.31. The van der Waals surface area contributed by atoms with Gasteiger partial charge in [-0.2, -0.15) is 18.2 Å². The number of alkyl halides is 3. The van der Waals surface area contributed by atoms with Crippen LogP contribution < -0.4 is 5.32 Å². The van der Waals surface area contributed by atoms with Gasteiger partial charge in [0.05, 0.1) is 11.9 Å². The van der Waals surface area contributed by atoms with Gasteiger partial charge in [-0.15, -0.1) is 0 Å². The smallest absolute Gasteiger partial charge is 0.354 e. The van der Waals surface area contributed by atoms with Gasteiger partial charge in [-0.3, -0.25) is 0 Å². The molecule has 4 aromatic rings. The minimum atomic E-state index is -4.25. The van der Waals surface area contributed by atoms with Crippen LogP contribution in [0.5, 0.6) is 0 Å². The van der Waals surface area contributed by atoms with E-state index in [1.807, 2.05) is 13.0 Å². The highest BCUT2D eigenvalue weighted by Gasteiger charge is 2.26. The van der Waals surface area contributed by atoms with Gasteiger partial charge >= 0.3 is 6.18 Å². The molecule has 1 aliphatic heterocycles. The van der Waals surface area contributed by atoms with E-state index < -0.39 is 18.4 Å². The SMILES string of the molecule is Cc1nc2c(F)cc(-c3c[nH]c4nc(NCCC(F)(F)F)ncc34)cc2n1C1CCN(C)CC1. The first kappa shape index (κ1) is 22.6. The van der Waals surface area contributed by atoms with Gasteiger partial charge in [0.15, 0.2) is 5.82 Å². The lowest BCUT2D eigenvalue weighted by atomic mass is 10.0. The lowest BCUT2D eigenvalue weighted by Crippen LogP contribution is -2.31. The summed E-state index contributed by atoms with van der Waals surface area (Å²) in [5.74, 6) is 0.489.